The van der Waals surface area contributed by atoms with Gasteiger partial charge < -0.3 is 21.3 Å². The summed E-state index contributed by atoms with van der Waals surface area (Å²) >= 11 is 0.844. The average molecular weight is 410 g/mol. The minimum atomic E-state index is -5.08. The predicted molar refractivity (Wildman–Crippen MR) is 90.1 cm³/mol. The molecule has 5 N–H and O–H groups in total. The number of rotatable bonds is 6. The van der Waals surface area contributed by atoms with Gasteiger partial charge in [0.05, 0.1) is 6.04 Å². The van der Waals surface area contributed by atoms with Crippen molar-refractivity contribution >= 4 is 34.7 Å². The van der Waals surface area contributed by atoms with Gasteiger partial charge >= 0.3 is 18.1 Å². The number of halogens is 3. The maximum atomic E-state index is 11.8. The van der Waals surface area contributed by atoms with Crippen molar-refractivity contribution in [2.45, 2.75) is 25.2 Å². The van der Waals surface area contributed by atoms with Crippen molar-refractivity contribution in [3.63, 3.8) is 0 Å². The summed E-state index contributed by atoms with van der Waals surface area (Å²) in [6, 6.07) is 6.57. The van der Waals surface area contributed by atoms with Crippen LogP contribution in [0.5, 0.6) is 0 Å². The van der Waals surface area contributed by atoms with Gasteiger partial charge in [0.1, 0.15) is 6.04 Å². The van der Waals surface area contributed by atoms with Crippen molar-refractivity contribution in [2.24, 2.45) is 5.73 Å². The number of nitrogens with one attached hydrogen (secondary N) is 1. The Kier molecular flexibility index (Phi) is 10.1. The molecule has 0 heterocycles. The van der Waals surface area contributed by atoms with Crippen LogP contribution in [0.3, 0.4) is 0 Å². The minimum absolute atomic E-state index is 0.0540. The SMILES string of the molecule is C[C@H](N)C(=O)N[C@@H](CSC(=O)c1ccccc1)C(=O)O.O=C(O)C(F)(F)F. The molecule has 0 spiro atoms. The van der Waals surface area contributed by atoms with E-state index in [2.05, 4.69) is 5.32 Å². The van der Waals surface area contributed by atoms with Gasteiger partial charge in [0, 0.05) is 11.3 Å². The molecular weight excluding hydrogens is 393 g/mol. The number of amides is 1. The Hall–Kier alpha value is -2.60. The number of carbonyl (C=O) groups excluding carboxylic acids is 2. The Labute approximate surface area is 155 Å². The third kappa shape index (κ3) is 10.2. The number of carbonyl (C=O) groups is 4. The van der Waals surface area contributed by atoms with E-state index < -0.39 is 36.1 Å². The first-order valence-corrected chi connectivity index (χ1v) is 8.15. The van der Waals surface area contributed by atoms with Crippen LogP contribution in [-0.2, 0) is 14.4 Å². The molecular formula is C15H17F3N2O6S. The van der Waals surface area contributed by atoms with Crippen molar-refractivity contribution < 1.29 is 42.6 Å². The molecule has 2 atom stereocenters. The zero-order valence-corrected chi connectivity index (χ0v) is 14.7. The molecule has 150 valence electrons. The molecule has 1 aromatic carbocycles. The first-order valence-electron chi connectivity index (χ1n) is 7.17. The van der Waals surface area contributed by atoms with Crippen LogP contribution >= 0.6 is 11.8 Å². The Morgan fingerprint density at radius 3 is 2.00 bits per heavy atom. The van der Waals surface area contributed by atoms with Crippen LogP contribution in [0.1, 0.15) is 17.3 Å². The van der Waals surface area contributed by atoms with Crippen LogP contribution in [0.4, 0.5) is 13.2 Å². The van der Waals surface area contributed by atoms with E-state index in [1.807, 2.05) is 0 Å². The molecule has 0 saturated carbocycles. The number of hydrogen-bond acceptors (Lipinski definition) is 6. The Bertz CT molecular complexity index is 667. The van der Waals surface area contributed by atoms with E-state index in [4.69, 9.17) is 20.7 Å². The van der Waals surface area contributed by atoms with Gasteiger partial charge in [-0.3, -0.25) is 9.59 Å². The second-order valence-corrected chi connectivity index (χ2v) is 5.95. The molecule has 0 unspecified atom stereocenters. The highest BCUT2D eigenvalue weighted by Crippen LogP contribution is 2.14. The normalized spacial score (nSPS) is 12.8. The molecule has 0 bridgehead atoms. The number of thioether (sulfide) groups is 1. The molecule has 12 heteroatoms. The standard InChI is InChI=1S/C13H16N2O4S.C2HF3O2/c1-8(14)11(16)15-10(12(17)18)7-20-13(19)9-5-3-2-4-6-9;3-2(4,5)1(6)7/h2-6,8,10H,7,14H2,1H3,(H,15,16)(H,17,18);(H,6,7)/t8-,10-;/m0./s1. The second kappa shape index (κ2) is 11.2. The Morgan fingerprint density at radius 2 is 1.63 bits per heavy atom. The molecule has 1 amide bonds. The van der Waals surface area contributed by atoms with E-state index in [1.165, 1.54) is 6.92 Å². The van der Waals surface area contributed by atoms with E-state index in [9.17, 15) is 27.6 Å². The molecule has 0 aromatic heterocycles. The van der Waals surface area contributed by atoms with Crippen molar-refractivity contribution in [1.82, 2.24) is 5.32 Å². The van der Waals surface area contributed by atoms with Gasteiger partial charge in [0.2, 0.25) is 11.0 Å². The maximum Gasteiger partial charge on any atom is 0.490 e. The van der Waals surface area contributed by atoms with Gasteiger partial charge in [-0.25, -0.2) is 9.59 Å². The van der Waals surface area contributed by atoms with E-state index in [0.717, 1.165) is 11.8 Å². The lowest BCUT2D eigenvalue weighted by atomic mass is 10.2. The number of aliphatic carboxylic acids is 2. The maximum absolute atomic E-state index is 11.8. The first kappa shape index (κ1) is 24.4. The largest absolute Gasteiger partial charge is 0.490 e. The molecule has 0 aliphatic carbocycles. The summed E-state index contributed by atoms with van der Waals surface area (Å²) in [4.78, 5) is 43.1. The van der Waals surface area contributed by atoms with E-state index in [0.29, 0.717) is 5.56 Å². The Morgan fingerprint density at radius 1 is 1.15 bits per heavy atom. The second-order valence-electron chi connectivity index (χ2n) is 4.96. The fraction of sp³-hybridized carbons (Fsp3) is 0.333. The lowest BCUT2D eigenvalue weighted by Gasteiger charge is -2.15. The highest BCUT2D eigenvalue weighted by Gasteiger charge is 2.38. The number of hydrogen-bond donors (Lipinski definition) is 4. The van der Waals surface area contributed by atoms with Gasteiger partial charge in [0.15, 0.2) is 0 Å². The number of carboxylic acid groups (broad SMARTS) is 2. The first-order chi connectivity index (χ1) is 12.4. The van der Waals surface area contributed by atoms with Gasteiger partial charge in [0.25, 0.3) is 0 Å². The third-order valence-electron chi connectivity index (χ3n) is 2.66. The highest BCUT2D eigenvalue weighted by molar-refractivity contribution is 8.14. The van der Waals surface area contributed by atoms with Crippen molar-refractivity contribution in [3.8, 4) is 0 Å². The summed E-state index contributed by atoms with van der Waals surface area (Å²) in [6.07, 6.45) is -5.08. The van der Waals surface area contributed by atoms with Gasteiger partial charge in [-0.15, -0.1) is 0 Å². The summed E-state index contributed by atoms with van der Waals surface area (Å²) in [6.45, 7) is 1.45. The van der Waals surface area contributed by atoms with E-state index in [1.54, 1.807) is 30.3 Å². The van der Waals surface area contributed by atoms with Crippen LogP contribution in [-0.4, -0.2) is 57.2 Å². The van der Waals surface area contributed by atoms with Gasteiger partial charge in [-0.1, -0.05) is 42.1 Å². The Balaban J connectivity index is 0.000000821. The monoisotopic (exact) mass is 410 g/mol. The molecule has 0 aliphatic rings. The molecule has 1 rings (SSSR count). The zero-order chi connectivity index (χ0) is 21.2. The lowest BCUT2D eigenvalue weighted by Crippen LogP contribution is -2.48. The van der Waals surface area contributed by atoms with Crippen molar-refractivity contribution in [1.29, 1.82) is 0 Å². The summed E-state index contributed by atoms with van der Waals surface area (Å²) in [7, 11) is 0. The van der Waals surface area contributed by atoms with Crippen LogP contribution in [0, 0.1) is 0 Å². The zero-order valence-electron chi connectivity index (χ0n) is 13.9. The predicted octanol–water partition coefficient (Wildman–Crippen LogP) is 1.11. The molecule has 8 nitrogen and oxygen atoms in total. The number of carboxylic acids is 2. The molecule has 27 heavy (non-hydrogen) atoms. The smallest absolute Gasteiger partial charge is 0.480 e. The molecule has 1 aromatic rings. The summed E-state index contributed by atoms with van der Waals surface area (Å²) in [5, 5.41) is 18.2. The fourth-order valence-electron chi connectivity index (χ4n) is 1.29. The third-order valence-corrected chi connectivity index (χ3v) is 3.66. The topological polar surface area (TPSA) is 147 Å². The number of benzene rings is 1. The summed E-state index contributed by atoms with van der Waals surface area (Å²) in [5.41, 5.74) is 5.84. The number of nitrogens with two attached hydrogens (primary N) is 1. The number of alkyl halides is 3. The molecule has 0 saturated heterocycles. The molecule has 0 fully saturated rings. The quantitative estimate of drug-likeness (QED) is 0.545. The average Bonchev–Trinajstić information content (AvgIpc) is 2.58. The lowest BCUT2D eigenvalue weighted by molar-refractivity contribution is -0.192. The van der Waals surface area contributed by atoms with Crippen LogP contribution in [0.15, 0.2) is 30.3 Å². The van der Waals surface area contributed by atoms with Gasteiger partial charge in [-0.2, -0.15) is 13.2 Å². The van der Waals surface area contributed by atoms with Crippen LogP contribution < -0.4 is 11.1 Å². The van der Waals surface area contributed by atoms with E-state index in [-0.39, 0.29) is 10.9 Å². The van der Waals surface area contributed by atoms with E-state index >= 15 is 0 Å². The van der Waals surface area contributed by atoms with Crippen LogP contribution in [0.2, 0.25) is 0 Å². The summed E-state index contributed by atoms with van der Waals surface area (Å²) in [5.74, 6) is -4.58. The van der Waals surface area contributed by atoms with Crippen molar-refractivity contribution in [3.05, 3.63) is 35.9 Å². The fourth-order valence-corrected chi connectivity index (χ4v) is 2.14. The van der Waals surface area contributed by atoms with Gasteiger partial charge in [-0.05, 0) is 6.92 Å². The highest BCUT2D eigenvalue weighted by atomic mass is 32.2. The molecule has 0 aliphatic heterocycles. The molecule has 0 radical (unpaired) electrons. The van der Waals surface area contributed by atoms with Crippen LogP contribution in [0.25, 0.3) is 0 Å². The summed E-state index contributed by atoms with van der Waals surface area (Å²) < 4.78 is 31.7. The minimum Gasteiger partial charge on any atom is -0.480 e. The van der Waals surface area contributed by atoms with Crippen molar-refractivity contribution in [2.75, 3.05) is 5.75 Å².